The summed E-state index contributed by atoms with van der Waals surface area (Å²) >= 11 is 3.43. The quantitative estimate of drug-likeness (QED) is 0.505. The van der Waals surface area contributed by atoms with Gasteiger partial charge in [-0.3, -0.25) is 4.79 Å². The largest absolute Gasteiger partial charge is 0.307 e. The first-order chi connectivity index (χ1) is 13.7. The van der Waals surface area contributed by atoms with Crippen molar-refractivity contribution >= 4 is 27.7 Å². The molecule has 7 heteroatoms. The molecule has 0 aliphatic carbocycles. The van der Waals surface area contributed by atoms with Crippen molar-refractivity contribution in [2.75, 3.05) is 5.32 Å². The molecule has 0 saturated heterocycles. The number of hydrogen-bond donors (Lipinski definition) is 1. The first-order valence-electron chi connectivity index (χ1n) is 8.64. The molecule has 28 heavy (non-hydrogen) atoms. The molecule has 0 saturated carbocycles. The Morgan fingerprint density at radius 3 is 2.39 bits per heavy atom. The third-order valence-corrected chi connectivity index (χ3v) is 4.68. The summed E-state index contributed by atoms with van der Waals surface area (Å²) in [5.74, 6) is 0.912. The van der Waals surface area contributed by atoms with E-state index in [1.165, 1.54) is 12.4 Å². The Morgan fingerprint density at radius 1 is 0.964 bits per heavy atom. The smallest absolute Gasteiger partial charge is 0.259 e. The molecule has 4 rings (SSSR count). The summed E-state index contributed by atoms with van der Waals surface area (Å²) in [4.78, 5) is 21.2. The summed E-state index contributed by atoms with van der Waals surface area (Å²) in [5.41, 5.74) is 2.37. The van der Waals surface area contributed by atoms with Gasteiger partial charge in [0.25, 0.3) is 5.91 Å². The van der Waals surface area contributed by atoms with Crippen LogP contribution in [-0.4, -0.2) is 25.7 Å². The predicted molar refractivity (Wildman–Crippen MR) is 111 cm³/mol. The molecule has 0 fully saturated rings. The number of rotatable bonds is 5. The molecule has 0 unspecified atom stereocenters. The van der Waals surface area contributed by atoms with Crippen LogP contribution in [0.15, 0.2) is 83.7 Å². The van der Waals surface area contributed by atoms with E-state index in [4.69, 9.17) is 0 Å². The van der Waals surface area contributed by atoms with Crippen molar-refractivity contribution < 1.29 is 4.79 Å². The molecular weight excluding hydrogens is 418 g/mol. The predicted octanol–water partition coefficient (Wildman–Crippen LogP) is 4.40. The summed E-state index contributed by atoms with van der Waals surface area (Å²) in [5, 5.41) is 7.16. The lowest BCUT2D eigenvalue weighted by Crippen LogP contribution is -2.16. The zero-order valence-corrected chi connectivity index (χ0v) is 16.4. The zero-order valence-electron chi connectivity index (χ0n) is 14.8. The lowest BCUT2D eigenvalue weighted by molar-refractivity contribution is 0.102. The second-order valence-electron chi connectivity index (χ2n) is 6.12. The van der Waals surface area contributed by atoms with Crippen molar-refractivity contribution in [3.8, 4) is 11.4 Å². The van der Waals surface area contributed by atoms with Crippen LogP contribution in [0, 0.1) is 0 Å². The average molecular weight is 434 g/mol. The van der Waals surface area contributed by atoms with E-state index < -0.39 is 0 Å². The van der Waals surface area contributed by atoms with Gasteiger partial charge in [-0.2, -0.15) is 5.10 Å². The molecule has 0 bridgehead atoms. The van der Waals surface area contributed by atoms with E-state index in [-0.39, 0.29) is 5.91 Å². The van der Waals surface area contributed by atoms with Crippen LogP contribution in [-0.2, 0) is 6.54 Å². The molecule has 6 nitrogen and oxygen atoms in total. The lowest BCUT2D eigenvalue weighted by atomic mass is 10.2. The number of amides is 1. The number of carbonyl (C=O) groups excluding carboxylic acids is 1. The normalized spacial score (nSPS) is 10.6. The van der Waals surface area contributed by atoms with Crippen molar-refractivity contribution in [2.45, 2.75) is 6.54 Å². The SMILES string of the molecule is O=C(Nc1ccnn1Cc1ccc(Br)cc1)c1cnc(-c2ccccc2)nc1. The number of carbonyl (C=O) groups is 1. The number of anilines is 1. The summed E-state index contributed by atoms with van der Waals surface area (Å²) in [6.45, 7) is 0.555. The molecule has 0 spiro atoms. The van der Waals surface area contributed by atoms with E-state index in [1.54, 1.807) is 16.9 Å². The van der Waals surface area contributed by atoms with Crippen LogP contribution in [0.3, 0.4) is 0 Å². The molecule has 138 valence electrons. The van der Waals surface area contributed by atoms with E-state index >= 15 is 0 Å². The summed E-state index contributed by atoms with van der Waals surface area (Å²) in [6.07, 6.45) is 4.71. The first kappa shape index (κ1) is 18.1. The van der Waals surface area contributed by atoms with Gasteiger partial charge < -0.3 is 5.32 Å². The third-order valence-electron chi connectivity index (χ3n) is 4.15. The minimum atomic E-state index is -0.280. The van der Waals surface area contributed by atoms with Gasteiger partial charge in [0.15, 0.2) is 5.82 Å². The van der Waals surface area contributed by atoms with Crippen molar-refractivity contribution in [1.82, 2.24) is 19.7 Å². The number of benzene rings is 2. The molecular formula is C21H16BrN5O. The van der Waals surface area contributed by atoms with Crippen LogP contribution in [0.5, 0.6) is 0 Å². The van der Waals surface area contributed by atoms with Crippen LogP contribution in [0.2, 0.25) is 0 Å². The molecule has 2 heterocycles. The summed E-state index contributed by atoms with van der Waals surface area (Å²) in [7, 11) is 0. The first-order valence-corrected chi connectivity index (χ1v) is 9.43. The Balaban J connectivity index is 1.47. The molecule has 0 radical (unpaired) electrons. The fourth-order valence-electron chi connectivity index (χ4n) is 2.70. The monoisotopic (exact) mass is 433 g/mol. The van der Waals surface area contributed by atoms with E-state index in [0.29, 0.717) is 23.8 Å². The Bertz CT molecular complexity index is 1080. The maximum absolute atomic E-state index is 12.6. The third kappa shape index (κ3) is 4.15. The van der Waals surface area contributed by atoms with Gasteiger partial charge in [0.05, 0.1) is 18.3 Å². The maximum atomic E-state index is 12.6. The van der Waals surface area contributed by atoms with Gasteiger partial charge in [-0.15, -0.1) is 0 Å². The van der Waals surface area contributed by atoms with Gasteiger partial charge in [0.1, 0.15) is 5.82 Å². The summed E-state index contributed by atoms with van der Waals surface area (Å²) in [6, 6.07) is 19.4. The van der Waals surface area contributed by atoms with Gasteiger partial charge in [-0.1, -0.05) is 58.4 Å². The molecule has 1 amide bonds. The van der Waals surface area contributed by atoms with E-state index in [0.717, 1.165) is 15.6 Å². The molecule has 4 aromatic rings. The highest BCUT2D eigenvalue weighted by molar-refractivity contribution is 9.10. The lowest BCUT2D eigenvalue weighted by Gasteiger charge is -2.09. The Labute approximate surface area is 170 Å². The number of aromatic nitrogens is 4. The Morgan fingerprint density at radius 2 is 1.68 bits per heavy atom. The molecule has 2 aromatic carbocycles. The number of hydrogen-bond acceptors (Lipinski definition) is 4. The standard InChI is InChI=1S/C21H16BrN5O/c22-18-8-6-15(7-9-18)14-27-19(10-11-25-27)26-21(28)17-12-23-20(24-13-17)16-4-2-1-3-5-16/h1-13H,14H2,(H,26,28). The van der Waals surface area contributed by atoms with Gasteiger partial charge in [0.2, 0.25) is 0 Å². The minimum Gasteiger partial charge on any atom is -0.307 e. The van der Waals surface area contributed by atoms with Crippen molar-refractivity contribution in [2.24, 2.45) is 0 Å². The Kier molecular flexibility index (Phi) is 5.25. The maximum Gasteiger partial charge on any atom is 0.259 e. The highest BCUT2D eigenvalue weighted by Gasteiger charge is 2.11. The molecule has 0 aliphatic rings. The fourth-order valence-corrected chi connectivity index (χ4v) is 2.96. The zero-order chi connectivity index (χ0) is 19.3. The highest BCUT2D eigenvalue weighted by atomic mass is 79.9. The van der Waals surface area contributed by atoms with E-state index in [2.05, 4.69) is 36.3 Å². The molecule has 2 aromatic heterocycles. The van der Waals surface area contributed by atoms with Crippen molar-refractivity contribution in [1.29, 1.82) is 0 Å². The fraction of sp³-hybridized carbons (Fsp3) is 0.0476. The average Bonchev–Trinajstić information content (AvgIpc) is 3.17. The van der Waals surface area contributed by atoms with Crippen LogP contribution < -0.4 is 5.32 Å². The van der Waals surface area contributed by atoms with Gasteiger partial charge in [0, 0.05) is 28.5 Å². The van der Waals surface area contributed by atoms with E-state index in [1.807, 2.05) is 54.6 Å². The van der Waals surface area contributed by atoms with Crippen molar-refractivity contribution in [3.63, 3.8) is 0 Å². The van der Waals surface area contributed by atoms with Crippen LogP contribution in [0.25, 0.3) is 11.4 Å². The topological polar surface area (TPSA) is 72.7 Å². The van der Waals surface area contributed by atoms with Crippen LogP contribution in [0.1, 0.15) is 15.9 Å². The van der Waals surface area contributed by atoms with Gasteiger partial charge >= 0.3 is 0 Å². The van der Waals surface area contributed by atoms with Gasteiger partial charge in [-0.05, 0) is 17.7 Å². The highest BCUT2D eigenvalue weighted by Crippen LogP contribution is 2.16. The van der Waals surface area contributed by atoms with Crippen LogP contribution in [0.4, 0.5) is 5.82 Å². The second-order valence-corrected chi connectivity index (χ2v) is 7.03. The number of nitrogens with one attached hydrogen (secondary N) is 1. The number of nitrogens with zero attached hydrogens (tertiary/aromatic N) is 4. The molecule has 0 atom stereocenters. The molecule has 1 N–H and O–H groups in total. The van der Waals surface area contributed by atoms with E-state index in [9.17, 15) is 4.79 Å². The molecule has 0 aliphatic heterocycles. The minimum absolute atomic E-state index is 0.280. The summed E-state index contributed by atoms with van der Waals surface area (Å²) < 4.78 is 2.75. The van der Waals surface area contributed by atoms with Crippen molar-refractivity contribution in [3.05, 3.63) is 94.9 Å². The number of halogens is 1. The Hall–Kier alpha value is -3.32. The van der Waals surface area contributed by atoms with Gasteiger partial charge in [-0.25, -0.2) is 14.6 Å². The second kappa shape index (κ2) is 8.14. The van der Waals surface area contributed by atoms with Crippen LogP contribution >= 0.6 is 15.9 Å².